The van der Waals surface area contributed by atoms with Crippen molar-refractivity contribution in [2.45, 2.75) is 13.1 Å². The van der Waals surface area contributed by atoms with Gasteiger partial charge >= 0.3 is 6.18 Å². The summed E-state index contributed by atoms with van der Waals surface area (Å²) < 4.78 is 35.1. The van der Waals surface area contributed by atoms with Crippen LogP contribution in [0.4, 0.5) is 13.2 Å². The third kappa shape index (κ3) is 6.20. The quantitative estimate of drug-likeness (QED) is 0.807. The molecule has 5 nitrogen and oxygen atoms in total. The van der Waals surface area contributed by atoms with Gasteiger partial charge in [-0.15, -0.1) is 11.3 Å². The molecule has 1 aromatic rings. The summed E-state index contributed by atoms with van der Waals surface area (Å²) in [6.07, 6.45) is -4.52. The van der Waals surface area contributed by atoms with Crippen LogP contribution in [0, 0.1) is 6.92 Å². The van der Waals surface area contributed by atoms with Crippen molar-refractivity contribution in [1.29, 1.82) is 0 Å². The molecule has 0 radical (unpaired) electrons. The number of rotatable bonds is 5. The lowest BCUT2D eigenvalue weighted by atomic mass is 10.4. The van der Waals surface area contributed by atoms with Crippen molar-refractivity contribution < 1.29 is 27.6 Å². The number of aryl methyl sites for hydroxylation is 1. The van der Waals surface area contributed by atoms with Crippen molar-refractivity contribution in [3.8, 4) is 0 Å². The average Bonchev–Trinajstić information content (AvgIpc) is 2.71. The molecule has 0 unspecified atom stereocenters. The van der Waals surface area contributed by atoms with E-state index in [1.807, 2.05) is 6.92 Å². The molecule has 0 saturated carbocycles. The maximum Gasteiger partial charge on any atom is 0.414 e. The molecule has 2 N–H and O–H groups in total. The van der Waals surface area contributed by atoms with Crippen molar-refractivity contribution in [2.24, 2.45) is 0 Å². The van der Waals surface area contributed by atoms with Gasteiger partial charge in [-0.05, 0) is 19.1 Å². The molecule has 0 atom stereocenters. The highest BCUT2D eigenvalue weighted by atomic mass is 32.1. The zero-order chi connectivity index (χ0) is 14.5. The number of hydrogen-bond acceptors (Lipinski definition) is 4. The minimum absolute atomic E-state index is 0.418. The fourth-order valence-corrected chi connectivity index (χ4v) is 1.82. The van der Waals surface area contributed by atoms with Gasteiger partial charge in [0.15, 0.2) is 6.61 Å². The standard InChI is InChI=1S/C10H11F3N2O3S/c1-6-2-3-7(19-6)9(17)14-4-8(16)15-18-5-10(11,12)13/h2-3H,4-5H2,1H3,(H,14,17)(H,15,16). The maximum absolute atomic E-state index is 11.7. The van der Waals surface area contributed by atoms with Crippen LogP contribution < -0.4 is 10.8 Å². The first kappa shape index (κ1) is 15.4. The Morgan fingerprint density at radius 1 is 1.37 bits per heavy atom. The SMILES string of the molecule is Cc1ccc(C(=O)NCC(=O)NOCC(F)(F)F)s1. The number of nitrogens with one attached hydrogen (secondary N) is 2. The van der Waals surface area contributed by atoms with Crippen LogP contribution in [-0.2, 0) is 9.63 Å². The molecule has 1 heterocycles. The van der Waals surface area contributed by atoms with Gasteiger partial charge in [0.2, 0.25) is 0 Å². The lowest BCUT2D eigenvalue weighted by molar-refractivity contribution is -0.191. The fourth-order valence-electron chi connectivity index (χ4n) is 1.04. The largest absolute Gasteiger partial charge is 0.414 e. The van der Waals surface area contributed by atoms with Crippen LogP contribution in [0.5, 0.6) is 0 Å². The second-order valence-electron chi connectivity index (χ2n) is 3.52. The monoisotopic (exact) mass is 296 g/mol. The lowest BCUT2D eigenvalue weighted by Gasteiger charge is -2.08. The zero-order valence-electron chi connectivity index (χ0n) is 9.84. The van der Waals surface area contributed by atoms with Gasteiger partial charge in [0.25, 0.3) is 11.8 Å². The van der Waals surface area contributed by atoms with Crippen LogP contribution in [0.2, 0.25) is 0 Å². The van der Waals surface area contributed by atoms with Crippen LogP contribution in [0.3, 0.4) is 0 Å². The Bertz CT molecular complexity index is 459. The third-order valence-corrected chi connectivity index (χ3v) is 2.79. The van der Waals surface area contributed by atoms with Crippen molar-refractivity contribution in [1.82, 2.24) is 10.8 Å². The molecule has 0 bridgehead atoms. The minimum atomic E-state index is -4.52. The second kappa shape index (κ2) is 6.53. The molecule has 106 valence electrons. The molecule has 0 aliphatic carbocycles. The van der Waals surface area contributed by atoms with Crippen LogP contribution >= 0.6 is 11.3 Å². The number of hydroxylamine groups is 1. The Morgan fingerprint density at radius 2 is 2.05 bits per heavy atom. The number of hydrogen-bond donors (Lipinski definition) is 2. The molecule has 1 rings (SSSR count). The molecule has 0 aromatic carbocycles. The Kier molecular flexibility index (Phi) is 5.31. The fraction of sp³-hybridized carbons (Fsp3) is 0.400. The summed E-state index contributed by atoms with van der Waals surface area (Å²) in [6.45, 7) is -0.233. The Morgan fingerprint density at radius 3 is 2.58 bits per heavy atom. The lowest BCUT2D eigenvalue weighted by Crippen LogP contribution is -2.38. The van der Waals surface area contributed by atoms with Crippen LogP contribution in [0.1, 0.15) is 14.5 Å². The summed E-state index contributed by atoms with van der Waals surface area (Å²) in [7, 11) is 0. The first-order valence-electron chi connectivity index (χ1n) is 5.10. The summed E-state index contributed by atoms with van der Waals surface area (Å²) >= 11 is 1.24. The van der Waals surface area contributed by atoms with Gasteiger partial charge in [-0.2, -0.15) is 13.2 Å². The van der Waals surface area contributed by atoms with E-state index in [2.05, 4.69) is 10.2 Å². The molecule has 19 heavy (non-hydrogen) atoms. The highest BCUT2D eigenvalue weighted by molar-refractivity contribution is 7.13. The third-order valence-electron chi connectivity index (χ3n) is 1.80. The van der Waals surface area contributed by atoms with Gasteiger partial charge in [0.1, 0.15) is 0 Å². The maximum atomic E-state index is 11.7. The van der Waals surface area contributed by atoms with Gasteiger partial charge in [-0.25, -0.2) is 5.48 Å². The molecule has 0 spiro atoms. The zero-order valence-corrected chi connectivity index (χ0v) is 10.7. The highest BCUT2D eigenvalue weighted by Crippen LogP contribution is 2.14. The van der Waals surface area contributed by atoms with E-state index in [-0.39, 0.29) is 0 Å². The van der Waals surface area contributed by atoms with E-state index in [0.717, 1.165) is 4.88 Å². The van der Waals surface area contributed by atoms with Gasteiger partial charge in [0.05, 0.1) is 11.4 Å². The van der Waals surface area contributed by atoms with Crippen molar-refractivity contribution >= 4 is 23.2 Å². The van der Waals surface area contributed by atoms with E-state index in [0.29, 0.717) is 4.88 Å². The Hall–Kier alpha value is -1.61. The van der Waals surface area contributed by atoms with E-state index < -0.39 is 31.1 Å². The van der Waals surface area contributed by atoms with Crippen molar-refractivity contribution in [3.63, 3.8) is 0 Å². The van der Waals surface area contributed by atoms with E-state index in [4.69, 9.17) is 0 Å². The minimum Gasteiger partial charge on any atom is -0.342 e. The number of carbonyl (C=O) groups excluding carboxylic acids is 2. The molecule has 9 heteroatoms. The topological polar surface area (TPSA) is 67.4 Å². The first-order chi connectivity index (χ1) is 8.78. The number of thiophene rings is 1. The number of halogens is 3. The summed E-state index contributed by atoms with van der Waals surface area (Å²) in [5, 5.41) is 2.26. The molecular formula is C10H11F3N2O3S. The second-order valence-corrected chi connectivity index (χ2v) is 4.81. The Labute approximate surface area is 110 Å². The molecular weight excluding hydrogens is 285 g/mol. The average molecular weight is 296 g/mol. The smallest absolute Gasteiger partial charge is 0.342 e. The predicted octanol–water partition coefficient (Wildman–Crippen LogP) is 1.40. The molecule has 0 aliphatic heterocycles. The molecule has 1 aromatic heterocycles. The number of carbonyl (C=O) groups is 2. The Balaban J connectivity index is 2.25. The molecule has 0 saturated heterocycles. The summed E-state index contributed by atoms with van der Waals surface area (Å²) in [6, 6.07) is 3.33. The van der Waals surface area contributed by atoms with E-state index in [9.17, 15) is 22.8 Å². The van der Waals surface area contributed by atoms with E-state index >= 15 is 0 Å². The van der Waals surface area contributed by atoms with Gasteiger partial charge in [0, 0.05) is 4.88 Å². The van der Waals surface area contributed by atoms with Gasteiger partial charge in [-0.3, -0.25) is 14.4 Å². The van der Waals surface area contributed by atoms with Crippen LogP contribution in [0.15, 0.2) is 12.1 Å². The van der Waals surface area contributed by atoms with E-state index in [1.165, 1.54) is 11.3 Å². The summed E-state index contributed by atoms with van der Waals surface area (Å²) in [5.74, 6) is -1.34. The summed E-state index contributed by atoms with van der Waals surface area (Å²) in [4.78, 5) is 27.8. The first-order valence-corrected chi connectivity index (χ1v) is 5.91. The predicted molar refractivity (Wildman–Crippen MR) is 61.5 cm³/mol. The number of amides is 2. The van der Waals surface area contributed by atoms with Crippen molar-refractivity contribution in [2.75, 3.05) is 13.2 Å². The molecule has 0 fully saturated rings. The molecule has 2 amide bonds. The van der Waals surface area contributed by atoms with Crippen LogP contribution in [-0.4, -0.2) is 31.1 Å². The van der Waals surface area contributed by atoms with E-state index in [1.54, 1.807) is 17.6 Å². The van der Waals surface area contributed by atoms with Gasteiger partial charge < -0.3 is 5.32 Å². The number of alkyl halides is 3. The van der Waals surface area contributed by atoms with Crippen molar-refractivity contribution in [3.05, 3.63) is 21.9 Å². The summed E-state index contributed by atoms with van der Waals surface area (Å²) in [5.41, 5.74) is 1.58. The molecule has 0 aliphatic rings. The highest BCUT2D eigenvalue weighted by Gasteiger charge is 2.28. The normalized spacial score (nSPS) is 11.2. The van der Waals surface area contributed by atoms with Gasteiger partial charge in [-0.1, -0.05) is 0 Å². The van der Waals surface area contributed by atoms with Crippen LogP contribution in [0.25, 0.3) is 0 Å².